The van der Waals surface area contributed by atoms with Gasteiger partial charge in [0.15, 0.2) is 0 Å². The van der Waals surface area contributed by atoms with Crippen LogP contribution in [0.5, 0.6) is 0 Å². The summed E-state index contributed by atoms with van der Waals surface area (Å²) in [6.07, 6.45) is 4.04. The van der Waals surface area contributed by atoms with E-state index in [-0.39, 0.29) is 28.1 Å². The molecule has 0 saturated heterocycles. The van der Waals surface area contributed by atoms with Crippen molar-refractivity contribution < 1.29 is 13.2 Å². The molecule has 1 saturated carbocycles. The second-order valence-corrected chi connectivity index (χ2v) is 9.71. The molecule has 0 atom stereocenters. The molecular formula is C23H26N4O4S. The van der Waals surface area contributed by atoms with E-state index in [9.17, 15) is 18.0 Å². The van der Waals surface area contributed by atoms with Crippen LogP contribution in [-0.4, -0.2) is 29.7 Å². The van der Waals surface area contributed by atoms with Crippen LogP contribution in [0.2, 0.25) is 0 Å². The fourth-order valence-corrected chi connectivity index (χ4v) is 5.18. The highest BCUT2D eigenvalue weighted by molar-refractivity contribution is 7.92. The molecule has 32 heavy (non-hydrogen) atoms. The van der Waals surface area contributed by atoms with Crippen molar-refractivity contribution in [3.8, 4) is 5.69 Å². The minimum atomic E-state index is -4.08. The highest BCUT2D eigenvalue weighted by Crippen LogP contribution is 2.21. The van der Waals surface area contributed by atoms with E-state index in [4.69, 9.17) is 0 Å². The minimum absolute atomic E-state index is 0.0304. The molecule has 0 bridgehead atoms. The Morgan fingerprint density at radius 3 is 2.41 bits per heavy atom. The molecule has 0 aliphatic heterocycles. The quantitative estimate of drug-likeness (QED) is 0.598. The molecule has 2 N–H and O–H groups in total. The number of carbonyl (C=O) groups excluding carboxylic acids is 1. The third kappa shape index (κ3) is 4.20. The van der Waals surface area contributed by atoms with Gasteiger partial charge in [0.1, 0.15) is 5.69 Å². The zero-order valence-electron chi connectivity index (χ0n) is 18.0. The Labute approximate surface area is 186 Å². The van der Waals surface area contributed by atoms with Gasteiger partial charge in [-0.05, 0) is 50.1 Å². The number of rotatable bonds is 6. The topological polar surface area (TPSA) is 102 Å². The molecule has 0 unspecified atom stereocenters. The van der Waals surface area contributed by atoms with E-state index in [1.54, 1.807) is 49.0 Å². The summed E-state index contributed by atoms with van der Waals surface area (Å²) in [5.41, 5.74) is 0.856. The number of aromatic nitrogens is 2. The highest BCUT2D eigenvalue weighted by Gasteiger charge is 2.24. The maximum atomic E-state index is 13.1. The van der Waals surface area contributed by atoms with Crippen LogP contribution in [0.1, 0.15) is 41.7 Å². The van der Waals surface area contributed by atoms with Crippen molar-refractivity contribution in [1.29, 1.82) is 0 Å². The summed E-state index contributed by atoms with van der Waals surface area (Å²) in [4.78, 5) is 25.5. The van der Waals surface area contributed by atoms with Gasteiger partial charge in [0.2, 0.25) is 0 Å². The second-order valence-electron chi connectivity index (χ2n) is 8.02. The standard InChI is InChI=1S/C23H26N4O4S/c1-16-21(23(29)27(26(16)2)19-12-4-3-5-13-19)25-32(30,31)20-14-8-9-17(15-20)22(28)24-18-10-6-7-11-18/h3-5,8-9,12-15,18,25H,6-7,10-11H2,1-2H3,(H,24,28). The lowest BCUT2D eigenvalue weighted by Crippen LogP contribution is -2.32. The molecule has 8 nitrogen and oxygen atoms in total. The van der Waals surface area contributed by atoms with Crippen LogP contribution in [0.4, 0.5) is 5.69 Å². The molecule has 3 aromatic rings. The summed E-state index contributed by atoms with van der Waals surface area (Å²) in [6.45, 7) is 1.67. The van der Waals surface area contributed by atoms with Gasteiger partial charge >= 0.3 is 0 Å². The Morgan fingerprint density at radius 1 is 1.03 bits per heavy atom. The summed E-state index contributed by atoms with van der Waals surface area (Å²) in [5, 5.41) is 2.96. The van der Waals surface area contributed by atoms with E-state index >= 15 is 0 Å². The fourth-order valence-electron chi connectivity index (χ4n) is 4.02. The summed E-state index contributed by atoms with van der Waals surface area (Å²) in [5.74, 6) is -0.295. The smallest absolute Gasteiger partial charge is 0.296 e. The van der Waals surface area contributed by atoms with Crippen LogP contribution in [0.3, 0.4) is 0 Å². The first-order chi connectivity index (χ1) is 15.3. The van der Waals surface area contributed by atoms with Crippen molar-refractivity contribution in [3.63, 3.8) is 0 Å². The van der Waals surface area contributed by atoms with Crippen LogP contribution in [-0.2, 0) is 17.1 Å². The van der Waals surface area contributed by atoms with Crippen LogP contribution < -0.4 is 15.6 Å². The molecule has 4 rings (SSSR count). The van der Waals surface area contributed by atoms with Gasteiger partial charge in [-0.25, -0.2) is 13.1 Å². The van der Waals surface area contributed by atoms with E-state index in [1.165, 1.54) is 22.9 Å². The van der Waals surface area contributed by atoms with E-state index in [0.29, 0.717) is 11.4 Å². The highest BCUT2D eigenvalue weighted by atomic mass is 32.2. The Balaban J connectivity index is 1.63. The predicted octanol–water partition coefficient (Wildman–Crippen LogP) is 2.96. The lowest BCUT2D eigenvalue weighted by molar-refractivity contribution is 0.0937. The first kappa shape index (κ1) is 21.9. The maximum absolute atomic E-state index is 13.1. The van der Waals surface area contributed by atoms with Crippen molar-refractivity contribution in [1.82, 2.24) is 14.7 Å². The molecule has 0 spiro atoms. The molecule has 1 aliphatic carbocycles. The number of para-hydroxylation sites is 1. The van der Waals surface area contributed by atoms with Crippen LogP contribution in [0.25, 0.3) is 5.69 Å². The number of anilines is 1. The van der Waals surface area contributed by atoms with Crippen molar-refractivity contribution in [3.05, 3.63) is 76.2 Å². The molecule has 9 heteroatoms. The van der Waals surface area contributed by atoms with Crippen molar-refractivity contribution in [2.45, 2.75) is 43.5 Å². The number of hydrogen-bond donors (Lipinski definition) is 2. The maximum Gasteiger partial charge on any atom is 0.296 e. The number of nitrogens with zero attached hydrogens (tertiary/aromatic N) is 2. The fraction of sp³-hybridized carbons (Fsp3) is 0.304. The molecule has 1 aliphatic rings. The molecule has 2 aromatic carbocycles. The molecule has 0 radical (unpaired) electrons. The molecule has 1 fully saturated rings. The van der Waals surface area contributed by atoms with E-state index in [1.807, 2.05) is 6.07 Å². The van der Waals surface area contributed by atoms with Crippen molar-refractivity contribution >= 4 is 21.6 Å². The average molecular weight is 455 g/mol. The first-order valence-electron chi connectivity index (χ1n) is 10.6. The largest absolute Gasteiger partial charge is 0.349 e. The number of benzene rings is 2. The predicted molar refractivity (Wildman–Crippen MR) is 123 cm³/mol. The van der Waals surface area contributed by atoms with Gasteiger partial charge in [0.05, 0.1) is 16.3 Å². The molecular weight excluding hydrogens is 428 g/mol. The third-order valence-electron chi connectivity index (χ3n) is 5.89. The number of carbonyl (C=O) groups is 1. The molecule has 1 heterocycles. The van der Waals surface area contributed by atoms with Gasteiger partial charge in [-0.2, -0.15) is 0 Å². The van der Waals surface area contributed by atoms with Gasteiger partial charge in [0, 0.05) is 18.7 Å². The third-order valence-corrected chi connectivity index (χ3v) is 7.23. The van der Waals surface area contributed by atoms with Gasteiger partial charge in [0.25, 0.3) is 21.5 Å². The van der Waals surface area contributed by atoms with Crippen molar-refractivity contribution in [2.24, 2.45) is 7.05 Å². The monoisotopic (exact) mass is 454 g/mol. The zero-order valence-corrected chi connectivity index (χ0v) is 18.9. The van der Waals surface area contributed by atoms with E-state index in [2.05, 4.69) is 10.0 Å². The van der Waals surface area contributed by atoms with Gasteiger partial charge < -0.3 is 5.32 Å². The number of amides is 1. The van der Waals surface area contributed by atoms with E-state index < -0.39 is 15.6 Å². The lowest BCUT2D eigenvalue weighted by Gasteiger charge is -2.13. The van der Waals surface area contributed by atoms with Crippen molar-refractivity contribution in [2.75, 3.05) is 4.72 Å². The summed E-state index contributed by atoms with van der Waals surface area (Å²) in [7, 11) is -2.39. The SMILES string of the molecule is Cc1c(NS(=O)(=O)c2cccc(C(=O)NC3CCCC3)c2)c(=O)n(-c2ccccc2)n1C. The lowest BCUT2D eigenvalue weighted by atomic mass is 10.2. The second kappa shape index (κ2) is 8.66. The Kier molecular flexibility index (Phi) is 5.92. The summed E-state index contributed by atoms with van der Waals surface area (Å²) >= 11 is 0. The number of sulfonamides is 1. The van der Waals surface area contributed by atoms with Crippen LogP contribution in [0.15, 0.2) is 64.3 Å². The Bertz CT molecular complexity index is 1300. The number of nitrogens with one attached hydrogen (secondary N) is 2. The number of hydrogen-bond acceptors (Lipinski definition) is 4. The minimum Gasteiger partial charge on any atom is -0.349 e. The normalized spacial score (nSPS) is 14.4. The Hall–Kier alpha value is -3.33. The van der Waals surface area contributed by atoms with Crippen LogP contribution >= 0.6 is 0 Å². The average Bonchev–Trinajstić information content (AvgIpc) is 3.37. The molecule has 1 amide bonds. The van der Waals surface area contributed by atoms with Gasteiger partial charge in [-0.1, -0.05) is 37.1 Å². The first-order valence-corrected chi connectivity index (χ1v) is 12.0. The molecule has 1 aromatic heterocycles. The van der Waals surface area contributed by atoms with Crippen LogP contribution in [0, 0.1) is 6.92 Å². The van der Waals surface area contributed by atoms with Gasteiger partial charge in [-0.15, -0.1) is 0 Å². The Morgan fingerprint density at radius 2 is 1.72 bits per heavy atom. The van der Waals surface area contributed by atoms with Gasteiger partial charge in [-0.3, -0.25) is 19.0 Å². The zero-order chi connectivity index (χ0) is 22.9. The summed E-state index contributed by atoms with van der Waals surface area (Å²) in [6, 6.07) is 15.0. The van der Waals surface area contributed by atoms with E-state index in [0.717, 1.165) is 25.7 Å². The summed E-state index contributed by atoms with van der Waals surface area (Å²) < 4.78 is 31.6. The molecule has 168 valence electrons.